The maximum Gasteiger partial charge on any atom is 0.416 e. The van der Waals surface area contributed by atoms with Crippen molar-refractivity contribution in [3.05, 3.63) is 58.1 Å². The first-order valence-corrected chi connectivity index (χ1v) is 6.92. The zero-order valence-electron chi connectivity index (χ0n) is 10.0. The van der Waals surface area contributed by atoms with Gasteiger partial charge in [-0.2, -0.15) is 13.2 Å². The molecule has 0 heterocycles. The highest BCUT2D eigenvalue weighted by atomic mass is 79.9. The first kappa shape index (κ1) is 15.2. The van der Waals surface area contributed by atoms with E-state index in [4.69, 9.17) is 16.3 Å². The predicted octanol–water partition coefficient (Wildman–Crippen LogP) is 6.00. The topological polar surface area (TPSA) is 9.23 Å². The van der Waals surface area contributed by atoms with Gasteiger partial charge in [-0.15, -0.1) is 11.6 Å². The average Bonchev–Trinajstić information content (AvgIpc) is 2.40. The number of hydrogen-bond donors (Lipinski definition) is 0. The van der Waals surface area contributed by atoms with Gasteiger partial charge in [-0.1, -0.05) is 22.0 Å². The molecule has 0 radical (unpaired) electrons. The molecule has 0 unspecified atom stereocenters. The highest BCUT2D eigenvalue weighted by Gasteiger charge is 2.33. The van der Waals surface area contributed by atoms with Gasteiger partial charge in [0.15, 0.2) is 0 Å². The minimum absolute atomic E-state index is 0.0299. The molecule has 20 heavy (non-hydrogen) atoms. The summed E-state index contributed by atoms with van der Waals surface area (Å²) in [5.74, 6) is 0.376. The normalized spacial score (nSPS) is 11.4. The van der Waals surface area contributed by atoms with Crippen LogP contribution in [0.25, 0.3) is 0 Å². The summed E-state index contributed by atoms with van der Waals surface area (Å²) >= 11 is 8.79. The minimum Gasteiger partial charge on any atom is -0.457 e. The first-order valence-electron chi connectivity index (χ1n) is 5.59. The van der Waals surface area contributed by atoms with Crippen LogP contribution in [0.2, 0.25) is 0 Å². The number of alkyl halides is 4. The molecular weight excluding hydrogens is 357 g/mol. The number of ether oxygens (including phenoxy) is 1. The van der Waals surface area contributed by atoms with Gasteiger partial charge in [-0.3, -0.25) is 0 Å². The van der Waals surface area contributed by atoms with E-state index in [2.05, 4.69) is 15.9 Å². The zero-order valence-corrected chi connectivity index (χ0v) is 12.4. The van der Waals surface area contributed by atoms with Crippen LogP contribution in [0.3, 0.4) is 0 Å². The second-order valence-corrected chi connectivity index (χ2v) is 5.19. The SMILES string of the molecule is FC(F)(F)c1cc(Oc2ccc(Br)cc2)ccc1CCl. The van der Waals surface area contributed by atoms with E-state index in [1.54, 1.807) is 24.3 Å². The molecule has 2 rings (SSSR count). The van der Waals surface area contributed by atoms with E-state index in [-0.39, 0.29) is 17.2 Å². The molecule has 0 N–H and O–H groups in total. The third-order valence-corrected chi connectivity index (χ3v) is 3.40. The van der Waals surface area contributed by atoms with E-state index in [0.29, 0.717) is 5.75 Å². The van der Waals surface area contributed by atoms with Crippen molar-refractivity contribution in [2.45, 2.75) is 12.1 Å². The second-order valence-electron chi connectivity index (χ2n) is 4.01. The molecule has 106 valence electrons. The summed E-state index contributed by atoms with van der Waals surface area (Å²) < 4.78 is 44.9. The van der Waals surface area contributed by atoms with Crippen molar-refractivity contribution in [2.75, 3.05) is 0 Å². The summed E-state index contributed by atoms with van der Waals surface area (Å²) in [5, 5.41) is 0. The predicted molar refractivity (Wildman–Crippen MR) is 75.2 cm³/mol. The maximum atomic E-state index is 12.9. The molecule has 2 aromatic carbocycles. The Bertz CT molecular complexity index is 596. The molecule has 0 fully saturated rings. The van der Waals surface area contributed by atoms with Crippen LogP contribution in [0.15, 0.2) is 46.9 Å². The van der Waals surface area contributed by atoms with Crippen molar-refractivity contribution in [3.8, 4) is 11.5 Å². The number of halogens is 5. The van der Waals surface area contributed by atoms with Crippen LogP contribution in [-0.2, 0) is 12.1 Å². The fourth-order valence-corrected chi connectivity index (χ4v) is 2.14. The van der Waals surface area contributed by atoms with E-state index >= 15 is 0 Å². The summed E-state index contributed by atoms with van der Waals surface area (Å²) in [6, 6.07) is 10.6. The second kappa shape index (κ2) is 6.06. The van der Waals surface area contributed by atoms with Gasteiger partial charge in [0.25, 0.3) is 0 Å². The molecule has 0 aliphatic rings. The quantitative estimate of drug-likeness (QED) is 0.606. The molecule has 0 spiro atoms. The minimum atomic E-state index is -4.46. The number of hydrogen-bond acceptors (Lipinski definition) is 1. The Balaban J connectivity index is 2.31. The van der Waals surface area contributed by atoms with E-state index in [1.807, 2.05) is 0 Å². The van der Waals surface area contributed by atoms with Crippen molar-refractivity contribution in [1.29, 1.82) is 0 Å². The van der Waals surface area contributed by atoms with Crippen molar-refractivity contribution < 1.29 is 17.9 Å². The van der Waals surface area contributed by atoms with Gasteiger partial charge in [0, 0.05) is 10.4 Å². The van der Waals surface area contributed by atoms with Crippen LogP contribution in [-0.4, -0.2) is 0 Å². The highest BCUT2D eigenvalue weighted by molar-refractivity contribution is 9.10. The third-order valence-electron chi connectivity index (χ3n) is 2.58. The standard InChI is InChI=1S/C14H9BrClF3O/c15-10-2-5-11(6-3-10)20-12-4-1-9(8-16)13(7-12)14(17,18)19/h1-7H,8H2. The van der Waals surface area contributed by atoms with Crippen LogP contribution in [0.1, 0.15) is 11.1 Å². The molecule has 0 aliphatic heterocycles. The molecule has 6 heteroatoms. The van der Waals surface area contributed by atoms with Gasteiger partial charge in [0.2, 0.25) is 0 Å². The van der Waals surface area contributed by atoms with Gasteiger partial charge < -0.3 is 4.74 Å². The summed E-state index contributed by atoms with van der Waals surface area (Å²) in [6.45, 7) is 0. The highest BCUT2D eigenvalue weighted by Crippen LogP contribution is 2.36. The average molecular weight is 366 g/mol. The monoisotopic (exact) mass is 364 g/mol. The fourth-order valence-electron chi connectivity index (χ4n) is 1.64. The Morgan fingerprint density at radius 2 is 1.60 bits per heavy atom. The van der Waals surface area contributed by atoms with Crippen LogP contribution in [0, 0.1) is 0 Å². The van der Waals surface area contributed by atoms with Crippen LogP contribution < -0.4 is 4.74 Å². The number of rotatable bonds is 3. The summed E-state index contributed by atoms with van der Waals surface area (Å²) in [5.41, 5.74) is -0.746. The van der Waals surface area contributed by atoms with E-state index in [9.17, 15) is 13.2 Å². The molecular formula is C14H9BrClF3O. The van der Waals surface area contributed by atoms with Crippen molar-refractivity contribution in [3.63, 3.8) is 0 Å². The summed E-state index contributed by atoms with van der Waals surface area (Å²) in [7, 11) is 0. The molecule has 2 aromatic rings. The molecule has 0 aromatic heterocycles. The Kier molecular flexibility index (Phi) is 4.60. The molecule has 1 nitrogen and oxygen atoms in total. The maximum absolute atomic E-state index is 12.9. The summed E-state index contributed by atoms with van der Waals surface area (Å²) in [4.78, 5) is 0. The van der Waals surface area contributed by atoms with Gasteiger partial charge in [0.1, 0.15) is 11.5 Å². The van der Waals surface area contributed by atoms with E-state index < -0.39 is 11.7 Å². The Hall–Kier alpha value is -1.20. The van der Waals surface area contributed by atoms with Crippen LogP contribution in [0.4, 0.5) is 13.2 Å². The van der Waals surface area contributed by atoms with Crippen molar-refractivity contribution in [1.82, 2.24) is 0 Å². The van der Waals surface area contributed by atoms with Crippen LogP contribution in [0.5, 0.6) is 11.5 Å². The Morgan fingerprint density at radius 1 is 1.00 bits per heavy atom. The zero-order chi connectivity index (χ0) is 14.8. The smallest absolute Gasteiger partial charge is 0.416 e. The fraction of sp³-hybridized carbons (Fsp3) is 0.143. The van der Waals surface area contributed by atoms with Crippen LogP contribution >= 0.6 is 27.5 Å². The molecule has 0 saturated carbocycles. The number of benzene rings is 2. The summed E-state index contributed by atoms with van der Waals surface area (Å²) in [6.07, 6.45) is -4.46. The molecule has 0 aliphatic carbocycles. The molecule has 0 bridgehead atoms. The Morgan fingerprint density at radius 3 is 2.15 bits per heavy atom. The van der Waals surface area contributed by atoms with Gasteiger partial charge in [-0.25, -0.2) is 0 Å². The van der Waals surface area contributed by atoms with Gasteiger partial charge in [0.05, 0.1) is 5.56 Å². The lowest BCUT2D eigenvalue weighted by Crippen LogP contribution is -2.08. The lowest BCUT2D eigenvalue weighted by atomic mass is 10.1. The third kappa shape index (κ3) is 3.67. The first-order chi connectivity index (χ1) is 9.40. The molecule has 0 saturated heterocycles. The largest absolute Gasteiger partial charge is 0.457 e. The lowest BCUT2D eigenvalue weighted by Gasteiger charge is -2.13. The molecule has 0 amide bonds. The molecule has 0 atom stereocenters. The van der Waals surface area contributed by atoms with E-state index in [0.717, 1.165) is 10.5 Å². The Labute approximate surface area is 127 Å². The van der Waals surface area contributed by atoms with Crippen molar-refractivity contribution >= 4 is 27.5 Å². The van der Waals surface area contributed by atoms with Crippen molar-refractivity contribution in [2.24, 2.45) is 0 Å². The van der Waals surface area contributed by atoms with E-state index in [1.165, 1.54) is 12.1 Å². The van der Waals surface area contributed by atoms with Gasteiger partial charge in [-0.05, 0) is 42.0 Å². The lowest BCUT2D eigenvalue weighted by molar-refractivity contribution is -0.138. The van der Waals surface area contributed by atoms with Gasteiger partial charge >= 0.3 is 6.18 Å².